The van der Waals surface area contributed by atoms with Crippen LogP contribution in [0.4, 0.5) is 5.69 Å². The number of anilines is 1. The first-order chi connectivity index (χ1) is 14.5. The summed E-state index contributed by atoms with van der Waals surface area (Å²) in [6.07, 6.45) is 4.55. The zero-order valence-electron chi connectivity index (χ0n) is 18.5. The number of nitrogens with two attached hydrogens (primary N) is 1. The molecule has 6 heteroatoms. The number of carbonyl (C=O) groups is 2. The van der Waals surface area contributed by atoms with Gasteiger partial charge >= 0.3 is 0 Å². The van der Waals surface area contributed by atoms with E-state index in [0.29, 0.717) is 16.9 Å². The summed E-state index contributed by atoms with van der Waals surface area (Å²) in [6, 6.07) is 13.8. The molecule has 2 rings (SSSR count). The number of hydrogen-bond acceptors (Lipinski definition) is 4. The first-order valence-corrected chi connectivity index (χ1v) is 11.6. The number of aryl methyl sites for hydroxylation is 3. The summed E-state index contributed by atoms with van der Waals surface area (Å²) in [5.41, 5.74) is 11.7. The van der Waals surface area contributed by atoms with Crippen LogP contribution in [0.5, 0.6) is 0 Å². The number of carbonyl (C=O) groups excluding carboxylic acids is 2. The molecule has 0 aliphatic carbocycles. The fraction of sp³-hybridized carbons (Fsp3) is 0.417. The van der Waals surface area contributed by atoms with E-state index >= 15 is 0 Å². The lowest BCUT2D eigenvalue weighted by atomic mass is 10.0. The number of rotatable bonds is 11. The summed E-state index contributed by atoms with van der Waals surface area (Å²) in [7, 11) is 2.84. The molecule has 0 spiro atoms. The number of benzene rings is 2. The van der Waals surface area contributed by atoms with Crippen LogP contribution in [0.1, 0.15) is 39.9 Å². The van der Waals surface area contributed by atoms with Crippen molar-refractivity contribution in [1.29, 1.82) is 0 Å². The van der Waals surface area contributed by atoms with Gasteiger partial charge in [-0.3, -0.25) is 4.79 Å². The third-order valence-electron chi connectivity index (χ3n) is 4.99. The van der Waals surface area contributed by atoms with Crippen molar-refractivity contribution in [1.82, 2.24) is 10.6 Å². The maximum absolute atomic E-state index is 12.4. The largest absolute Gasteiger partial charge is 0.399 e. The van der Waals surface area contributed by atoms with E-state index in [0.717, 1.165) is 47.1 Å². The topological polar surface area (TPSA) is 84.2 Å². The molecule has 1 amide bonds. The first-order valence-electron chi connectivity index (χ1n) is 10.4. The zero-order valence-corrected chi connectivity index (χ0v) is 19.5. The lowest BCUT2D eigenvalue weighted by Gasteiger charge is -2.18. The minimum Gasteiger partial charge on any atom is -0.399 e. The molecular weight excluding hydrogens is 393 g/mol. The second kappa shape index (κ2) is 14.7. The molecule has 0 aromatic heterocycles. The Labute approximate surface area is 183 Å². The minimum absolute atomic E-state index is 0.0159. The second-order valence-electron chi connectivity index (χ2n) is 7.41. The van der Waals surface area contributed by atoms with Crippen LogP contribution in [0.25, 0.3) is 0 Å². The summed E-state index contributed by atoms with van der Waals surface area (Å²) < 4.78 is 0. The Morgan fingerprint density at radius 2 is 1.83 bits per heavy atom. The molecule has 0 aliphatic rings. The molecule has 0 bridgehead atoms. The highest BCUT2D eigenvalue weighted by molar-refractivity contribution is 7.38. The molecule has 0 radical (unpaired) electrons. The highest BCUT2D eigenvalue weighted by Gasteiger charge is 2.12. The predicted molar refractivity (Wildman–Crippen MR) is 130 cm³/mol. The normalized spacial score (nSPS) is 11.7. The zero-order chi connectivity index (χ0) is 22.4. The van der Waals surface area contributed by atoms with Crippen molar-refractivity contribution in [2.24, 2.45) is 0 Å². The highest BCUT2D eigenvalue weighted by atomic mass is 31.1. The fourth-order valence-corrected chi connectivity index (χ4v) is 4.75. The second-order valence-corrected chi connectivity index (χ2v) is 9.13. The Morgan fingerprint density at radius 1 is 1.13 bits per heavy atom. The van der Waals surface area contributed by atoms with Crippen LogP contribution < -0.4 is 16.4 Å². The van der Waals surface area contributed by atoms with Crippen molar-refractivity contribution in [2.45, 2.75) is 38.8 Å². The van der Waals surface area contributed by atoms with Gasteiger partial charge in [-0.2, -0.15) is 0 Å². The summed E-state index contributed by atoms with van der Waals surface area (Å²) in [5, 5.41) is 6.34. The molecule has 0 fully saturated rings. The van der Waals surface area contributed by atoms with Crippen LogP contribution in [0.15, 0.2) is 42.5 Å². The van der Waals surface area contributed by atoms with Gasteiger partial charge in [0, 0.05) is 17.8 Å². The molecule has 0 aliphatic heterocycles. The Kier molecular flexibility index (Phi) is 12.6. The SMILES string of the molecule is C=O.CNCCPC(CCCc1ccc(C)cc1C)CNC(=O)c1ccc(N)cc1. The smallest absolute Gasteiger partial charge is 0.251 e. The van der Waals surface area contributed by atoms with Crippen molar-refractivity contribution in [3.05, 3.63) is 64.7 Å². The van der Waals surface area contributed by atoms with Gasteiger partial charge in [0.25, 0.3) is 5.91 Å². The van der Waals surface area contributed by atoms with E-state index in [1.54, 1.807) is 24.3 Å². The van der Waals surface area contributed by atoms with E-state index in [-0.39, 0.29) is 5.91 Å². The van der Waals surface area contributed by atoms with Crippen molar-refractivity contribution in [2.75, 3.05) is 32.0 Å². The lowest BCUT2D eigenvalue weighted by Crippen LogP contribution is -2.30. The number of nitrogens with one attached hydrogen (secondary N) is 2. The third kappa shape index (κ3) is 9.51. The van der Waals surface area contributed by atoms with Crippen LogP contribution in [-0.4, -0.2) is 44.7 Å². The molecule has 0 heterocycles. The molecule has 2 unspecified atom stereocenters. The summed E-state index contributed by atoms with van der Waals surface area (Å²) >= 11 is 0. The molecule has 0 saturated heterocycles. The third-order valence-corrected chi connectivity index (χ3v) is 6.60. The summed E-state index contributed by atoms with van der Waals surface area (Å²) in [5.74, 6) is -0.0159. The highest BCUT2D eigenvalue weighted by Crippen LogP contribution is 2.24. The van der Waals surface area contributed by atoms with Gasteiger partial charge in [-0.25, -0.2) is 0 Å². The van der Waals surface area contributed by atoms with E-state index < -0.39 is 0 Å². The monoisotopic (exact) mass is 429 g/mol. The van der Waals surface area contributed by atoms with Crippen LogP contribution in [0.3, 0.4) is 0 Å². The van der Waals surface area contributed by atoms with Crippen molar-refractivity contribution in [3.8, 4) is 0 Å². The molecule has 4 N–H and O–H groups in total. The average molecular weight is 430 g/mol. The molecular formula is C24H36N3O2P. The fourth-order valence-electron chi connectivity index (χ4n) is 3.30. The molecule has 5 nitrogen and oxygen atoms in total. The van der Waals surface area contributed by atoms with E-state index in [9.17, 15) is 4.79 Å². The average Bonchev–Trinajstić information content (AvgIpc) is 2.75. The van der Waals surface area contributed by atoms with E-state index in [1.165, 1.54) is 16.7 Å². The molecule has 2 atom stereocenters. The van der Waals surface area contributed by atoms with Crippen molar-refractivity contribution in [3.63, 3.8) is 0 Å². The van der Waals surface area contributed by atoms with Crippen molar-refractivity contribution >= 4 is 27.0 Å². The number of nitrogen functional groups attached to an aromatic ring is 1. The van der Waals surface area contributed by atoms with Gasteiger partial charge in [0.05, 0.1) is 0 Å². The Balaban J connectivity index is 0.00000218. The van der Waals surface area contributed by atoms with Gasteiger partial charge in [0.1, 0.15) is 6.79 Å². The van der Waals surface area contributed by atoms with E-state index in [1.807, 2.05) is 13.8 Å². The molecule has 0 saturated carbocycles. The van der Waals surface area contributed by atoms with Gasteiger partial charge < -0.3 is 21.2 Å². The molecule has 2 aromatic carbocycles. The maximum Gasteiger partial charge on any atom is 0.251 e. The summed E-state index contributed by atoms with van der Waals surface area (Å²) in [6.45, 7) is 8.09. The summed E-state index contributed by atoms with van der Waals surface area (Å²) in [4.78, 5) is 20.4. The lowest BCUT2D eigenvalue weighted by molar-refractivity contribution is -0.0980. The van der Waals surface area contributed by atoms with Crippen LogP contribution in [0.2, 0.25) is 0 Å². The molecule has 164 valence electrons. The van der Waals surface area contributed by atoms with Crippen LogP contribution in [0, 0.1) is 13.8 Å². The predicted octanol–water partition coefficient (Wildman–Crippen LogP) is 3.72. The minimum atomic E-state index is -0.0159. The van der Waals surface area contributed by atoms with Gasteiger partial charge in [0.2, 0.25) is 0 Å². The Morgan fingerprint density at radius 3 is 2.47 bits per heavy atom. The van der Waals surface area contributed by atoms with Gasteiger partial charge in [0.15, 0.2) is 0 Å². The first kappa shape index (κ1) is 25.8. The number of hydrogen-bond donors (Lipinski definition) is 3. The Bertz CT molecular complexity index is 766. The number of amides is 1. The maximum atomic E-state index is 12.4. The van der Waals surface area contributed by atoms with Gasteiger partial charge in [-0.05, 0) is 93.9 Å². The standard InChI is InChI=1S/C23H34N3OP.CH2O/c1-17-7-8-19(18(2)15-17)5-4-6-22(28-14-13-25-3)16-26-23(27)20-9-11-21(24)12-10-20;1-2/h7-12,15,22,25,28H,4-6,13-14,16,24H2,1-3H3,(H,26,27);1H2. The van der Waals surface area contributed by atoms with Crippen LogP contribution >= 0.6 is 8.58 Å². The van der Waals surface area contributed by atoms with E-state index in [4.69, 9.17) is 10.5 Å². The quantitative estimate of drug-likeness (QED) is 0.289. The Hall–Kier alpha value is -2.23. The van der Waals surface area contributed by atoms with Crippen molar-refractivity contribution < 1.29 is 9.59 Å². The molecule has 30 heavy (non-hydrogen) atoms. The van der Waals surface area contributed by atoms with Gasteiger partial charge in [-0.1, -0.05) is 23.8 Å². The van der Waals surface area contributed by atoms with E-state index in [2.05, 4.69) is 42.7 Å². The molecule has 2 aromatic rings. The van der Waals surface area contributed by atoms with Crippen LogP contribution in [-0.2, 0) is 11.2 Å². The van der Waals surface area contributed by atoms with Gasteiger partial charge in [-0.15, -0.1) is 8.58 Å².